The number of nitrogens with two attached hydrogens (primary N) is 1. The summed E-state index contributed by atoms with van der Waals surface area (Å²) in [5, 5.41) is 24.7. The molecular weight excluding hydrogens is 164 g/mol. The second-order valence-corrected chi connectivity index (χ2v) is 1.89. The van der Waals surface area contributed by atoms with Crippen molar-refractivity contribution in [2.45, 2.75) is 6.42 Å². The van der Waals surface area contributed by atoms with Crippen molar-refractivity contribution in [3.8, 4) is 6.07 Å². The van der Waals surface area contributed by atoms with Crippen molar-refractivity contribution in [3.63, 3.8) is 0 Å². The number of nitriles is 1. The van der Waals surface area contributed by atoms with E-state index in [4.69, 9.17) is 21.2 Å². The van der Waals surface area contributed by atoms with Crippen LogP contribution in [-0.4, -0.2) is 22.2 Å². The van der Waals surface area contributed by atoms with Crippen LogP contribution in [0.25, 0.3) is 0 Å². The normalized spacial score (nSPS) is 11.2. The van der Waals surface area contributed by atoms with Crippen LogP contribution in [0.1, 0.15) is 6.42 Å². The zero-order valence-corrected chi connectivity index (χ0v) is 5.94. The number of nitrogens with zero attached hydrogens (tertiary/aromatic N) is 1. The first-order valence-corrected chi connectivity index (χ1v) is 2.82. The largest absolute Gasteiger partial charge is 0.481 e. The Morgan fingerprint density at radius 3 is 2.17 bits per heavy atom. The molecule has 0 aliphatic heterocycles. The van der Waals surface area contributed by atoms with Crippen molar-refractivity contribution in [2.75, 3.05) is 0 Å². The minimum atomic E-state index is -1.52. The SMILES string of the molecule is N#C/C(C(=O)O)=C(/N)CC(=O)O. The Morgan fingerprint density at radius 1 is 1.42 bits per heavy atom. The highest BCUT2D eigenvalue weighted by molar-refractivity contribution is 5.92. The Labute approximate surface area is 67.5 Å². The summed E-state index contributed by atoms with van der Waals surface area (Å²) in [5.74, 6) is -2.79. The summed E-state index contributed by atoms with van der Waals surface area (Å²) >= 11 is 0. The molecule has 0 aromatic rings. The molecule has 12 heavy (non-hydrogen) atoms. The highest BCUT2D eigenvalue weighted by Crippen LogP contribution is 2.01. The van der Waals surface area contributed by atoms with Crippen molar-refractivity contribution >= 4 is 11.9 Å². The molecule has 0 saturated heterocycles. The van der Waals surface area contributed by atoms with Gasteiger partial charge < -0.3 is 15.9 Å². The smallest absolute Gasteiger partial charge is 0.348 e. The maximum absolute atomic E-state index is 10.2. The zero-order chi connectivity index (χ0) is 9.72. The molecular formula is C6H6N2O4. The van der Waals surface area contributed by atoms with Gasteiger partial charge in [0.25, 0.3) is 0 Å². The molecule has 0 fully saturated rings. The van der Waals surface area contributed by atoms with Crippen molar-refractivity contribution < 1.29 is 19.8 Å². The molecule has 0 saturated carbocycles. The lowest BCUT2D eigenvalue weighted by atomic mass is 10.2. The fourth-order valence-electron chi connectivity index (χ4n) is 0.508. The van der Waals surface area contributed by atoms with Gasteiger partial charge in [-0.2, -0.15) is 5.26 Å². The molecule has 0 rings (SSSR count). The summed E-state index contributed by atoms with van der Waals surface area (Å²) in [6, 6.07) is 1.30. The van der Waals surface area contributed by atoms with Crippen LogP contribution in [0.15, 0.2) is 11.3 Å². The molecule has 0 bridgehead atoms. The summed E-state index contributed by atoms with van der Waals surface area (Å²) in [5.41, 5.74) is 3.85. The van der Waals surface area contributed by atoms with Gasteiger partial charge in [-0.3, -0.25) is 4.79 Å². The molecule has 0 heterocycles. The van der Waals surface area contributed by atoms with Gasteiger partial charge >= 0.3 is 11.9 Å². The van der Waals surface area contributed by atoms with Crippen molar-refractivity contribution in [1.29, 1.82) is 5.26 Å². The third kappa shape index (κ3) is 2.70. The van der Waals surface area contributed by atoms with Gasteiger partial charge in [0, 0.05) is 5.70 Å². The van der Waals surface area contributed by atoms with Crippen LogP contribution >= 0.6 is 0 Å². The number of carboxylic acids is 2. The highest BCUT2D eigenvalue weighted by Gasteiger charge is 2.13. The second kappa shape index (κ2) is 3.98. The lowest BCUT2D eigenvalue weighted by Gasteiger charge is -1.96. The number of carboxylic acid groups (broad SMARTS) is 2. The molecule has 0 atom stereocenters. The van der Waals surface area contributed by atoms with Gasteiger partial charge in [0.1, 0.15) is 6.07 Å². The number of hydrogen-bond donors (Lipinski definition) is 3. The molecule has 0 unspecified atom stereocenters. The number of carbonyl (C=O) groups is 2. The van der Waals surface area contributed by atoms with Gasteiger partial charge in [0.15, 0.2) is 5.57 Å². The van der Waals surface area contributed by atoms with E-state index in [9.17, 15) is 9.59 Å². The Morgan fingerprint density at radius 2 is 1.92 bits per heavy atom. The van der Waals surface area contributed by atoms with Gasteiger partial charge in [0.05, 0.1) is 6.42 Å². The summed E-state index contributed by atoms with van der Waals surface area (Å²) < 4.78 is 0. The Bertz CT molecular complexity index is 286. The summed E-state index contributed by atoms with van der Waals surface area (Å²) in [4.78, 5) is 20.2. The predicted molar refractivity (Wildman–Crippen MR) is 36.7 cm³/mol. The van der Waals surface area contributed by atoms with E-state index in [1.165, 1.54) is 6.07 Å². The molecule has 0 aromatic heterocycles. The molecule has 6 nitrogen and oxygen atoms in total. The van der Waals surface area contributed by atoms with Crippen molar-refractivity contribution in [3.05, 3.63) is 11.3 Å². The van der Waals surface area contributed by atoms with Crippen LogP contribution < -0.4 is 5.73 Å². The fraction of sp³-hybridized carbons (Fsp3) is 0.167. The topological polar surface area (TPSA) is 124 Å². The summed E-state index contributed by atoms with van der Waals surface area (Å²) in [6.07, 6.45) is -0.644. The number of hydrogen-bond acceptors (Lipinski definition) is 4. The van der Waals surface area contributed by atoms with E-state index in [0.717, 1.165) is 0 Å². The Balaban J connectivity index is 4.76. The van der Waals surface area contributed by atoms with Gasteiger partial charge in [-0.25, -0.2) is 4.79 Å². The van der Waals surface area contributed by atoms with E-state index >= 15 is 0 Å². The first kappa shape index (κ1) is 9.97. The lowest BCUT2D eigenvalue weighted by molar-refractivity contribution is -0.136. The third-order valence-corrected chi connectivity index (χ3v) is 0.988. The Kier molecular flexibility index (Phi) is 3.30. The summed E-state index contributed by atoms with van der Waals surface area (Å²) in [6.45, 7) is 0. The standard InChI is InChI=1S/C6H6N2O4/c7-2-3(6(11)12)4(8)1-5(9)10/h1,8H2,(H,9,10)(H,11,12)/b4-3-. The molecule has 0 aliphatic carbocycles. The minimum Gasteiger partial charge on any atom is -0.481 e. The van der Waals surface area contributed by atoms with Crippen LogP contribution in [0.2, 0.25) is 0 Å². The lowest BCUT2D eigenvalue weighted by Crippen LogP contribution is -2.12. The zero-order valence-electron chi connectivity index (χ0n) is 5.94. The molecule has 0 aliphatic rings. The van der Waals surface area contributed by atoms with Crippen LogP contribution in [-0.2, 0) is 9.59 Å². The molecule has 0 radical (unpaired) electrons. The van der Waals surface area contributed by atoms with E-state index in [1.54, 1.807) is 0 Å². The first-order chi connectivity index (χ1) is 5.49. The second-order valence-electron chi connectivity index (χ2n) is 1.89. The monoisotopic (exact) mass is 170 g/mol. The van der Waals surface area contributed by atoms with Crippen LogP contribution in [0.5, 0.6) is 0 Å². The molecule has 0 spiro atoms. The maximum atomic E-state index is 10.2. The minimum absolute atomic E-state index is 0.447. The highest BCUT2D eigenvalue weighted by atomic mass is 16.4. The van der Waals surface area contributed by atoms with Gasteiger partial charge in [-0.15, -0.1) is 0 Å². The van der Waals surface area contributed by atoms with E-state index in [-0.39, 0.29) is 0 Å². The average Bonchev–Trinajstić information content (AvgIpc) is 1.85. The molecule has 4 N–H and O–H groups in total. The van der Waals surface area contributed by atoms with Crippen LogP contribution in [0.3, 0.4) is 0 Å². The fourth-order valence-corrected chi connectivity index (χ4v) is 0.508. The third-order valence-electron chi connectivity index (χ3n) is 0.988. The summed E-state index contributed by atoms with van der Waals surface area (Å²) in [7, 11) is 0. The first-order valence-electron chi connectivity index (χ1n) is 2.82. The van der Waals surface area contributed by atoms with Gasteiger partial charge in [0.2, 0.25) is 0 Å². The number of rotatable bonds is 3. The average molecular weight is 170 g/mol. The molecule has 64 valence electrons. The van der Waals surface area contributed by atoms with Crippen LogP contribution in [0.4, 0.5) is 0 Å². The Hall–Kier alpha value is -2.03. The molecule has 0 aromatic carbocycles. The quantitative estimate of drug-likeness (QED) is 0.379. The van der Waals surface area contributed by atoms with E-state index < -0.39 is 29.6 Å². The predicted octanol–water partition coefficient (Wildman–Crippen LogP) is -0.718. The van der Waals surface area contributed by atoms with Crippen LogP contribution in [0, 0.1) is 11.3 Å². The maximum Gasteiger partial charge on any atom is 0.348 e. The van der Waals surface area contributed by atoms with E-state index in [2.05, 4.69) is 0 Å². The molecule has 6 heteroatoms. The van der Waals surface area contributed by atoms with Crippen molar-refractivity contribution in [1.82, 2.24) is 0 Å². The molecule has 0 amide bonds. The van der Waals surface area contributed by atoms with Gasteiger partial charge in [-0.1, -0.05) is 0 Å². The number of aliphatic carboxylic acids is 2. The van der Waals surface area contributed by atoms with E-state index in [0.29, 0.717) is 0 Å². The van der Waals surface area contributed by atoms with E-state index in [1.807, 2.05) is 0 Å². The van der Waals surface area contributed by atoms with Gasteiger partial charge in [-0.05, 0) is 0 Å². The van der Waals surface area contributed by atoms with Crippen molar-refractivity contribution in [2.24, 2.45) is 5.73 Å².